The summed E-state index contributed by atoms with van der Waals surface area (Å²) in [5.74, 6) is -1.68. The fraction of sp³-hybridized carbons (Fsp3) is 0. The molecule has 5 heteroatoms. The lowest BCUT2D eigenvalue weighted by Crippen LogP contribution is -2.00. The van der Waals surface area contributed by atoms with Gasteiger partial charge in [-0.05, 0) is 23.8 Å². The summed E-state index contributed by atoms with van der Waals surface area (Å²) in [5.41, 5.74) is 0.856. The predicted molar refractivity (Wildman–Crippen MR) is 61.6 cm³/mol. The quantitative estimate of drug-likeness (QED) is 0.891. The SMILES string of the molecule is O=C(O)c1ccncc1-c1ccc(Cl)c(F)c1. The van der Waals surface area contributed by atoms with E-state index in [9.17, 15) is 9.18 Å². The second kappa shape index (κ2) is 4.51. The number of aromatic carboxylic acids is 1. The van der Waals surface area contributed by atoms with Gasteiger partial charge in [0.1, 0.15) is 5.82 Å². The average Bonchev–Trinajstić information content (AvgIpc) is 2.32. The van der Waals surface area contributed by atoms with Crippen LogP contribution in [0, 0.1) is 5.82 Å². The Morgan fingerprint density at radius 1 is 1.35 bits per heavy atom. The maximum Gasteiger partial charge on any atom is 0.336 e. The first kappa shape index (κ1) is 11.5. The van der Waals surface area contributed by atoms with Crippen molar-refractivity contribution >= 4 is 17.6 Å². The van der Waals surface area contributed by atoms with Crippen molar-refractivity contribution in [3.05, 3.63) is 53.1 Å². The third kappa shape index (κ3) is 2.26. The normalized spacial score (nSPS) is 10.2. The van der Waals surface area contributed by atoms with Gasteiger partial charge in [-0.2, -0.15) is 0 Å². The van der Waals surface area contributed by atoms with Gasteiger partial charge in [0.25, 0.3) is 0 Å². The molecule has 0 aliphatic rings. The van der Waals surface area contributed by atoms with E-state index >= 15 is 0 Å². The predicted octanol–water partition coefficient (Wildman–Crippen LogP) is 3.24. The summed E-state index contributed by atoms with van der Waals surface area (Å²) < 4.78 is 13.3. The van der Waals surface area contributed by atoms with Crippen LogP contribution in [0.25, 0.3) is 11.1 Å². The summed E-state index contributed by atoms with van der Waals surface area (Å²) in [6, 6.07) is 5.48. The zero-order valence-corrected chi connectivity index (χ0v) is 9.28. The highest BCUT2D eigenvalue weighted by molar-refractivity contribution is 6.30. The molecule has 2 rings (SSSR count). The molecular formula is C12H7ClFNO2. The second-order valence-electron chi connectivity index (χ2n) is 3.36. The molecule has 1 aromatic heterocycles. The number of pyridine rings is 1. The molecule has 3 nitrogen and oxygen atoms in total. The fourth-order valence-corrected chi connectivity index (χ4v) is 1.59. The monoisotopic (exact) mass is 251 g/mol. The van der Waals surface area contributed by atoms with Crippen LogP contribution in [-0.4, -0.2) is 16.1 Å². The molecule has 0 amide bonds. The summed E-state index contributed by atoms with van der Waals surface area (Å²) in [6.07, 6.45) is 2.76. The smallest absolute Gasteiger partial charge is 0.336 e. The van der Waals surface area contributed by atoms with Crippen molar-refractivity contribution in [2.45, 2.75) is 0 Å². The van der Waals surface area contributed by atoms with Gasteiger partial charge in [-0.25, -0.2) is 9.18 Å². The molecule has 0 saturated heterocycles. The van der Waals surface area contributed by atoms with Crippen molar-refractivity contribution in [1.82, 2.24) is 4.98 Å². The molecule has 0 bridgehead atoms. The Bertz CT molecular complexity index is 586. The first-order chi connectivity index (χ1) is 8.09. The first-order valence-electron chi connectivity index (χ1n) is 4.72. The summed E-state index contributed by atoms with van der Waals surface area (Å²) in [6.45, 7) is 0. The molecule has 0 aliphatic carbocycles. The lowest BCUT2D eigenvalue weighted by Gasteiger charge is -2.05. The number of carboxylic acids is 1. The van der Waals surface area contributed by atoms with Crippen molar-refractivity contribution in [1.29, 1.82) is 0 Å². The number of carboxylic acid groups (broad SMARTS) is 1. The molecule has 0 unspecified atom stereocenters. The van der Waals surface area contributed by atoms with Crippen LogP contribution in [0.2, 0.25) is 5.02 Å². The highest BCUT2D eigenvalue weighted by Gasteiger charge is 2.12. The van der Waals surface area contributed by atoms with Gasteiger partial charge in [0, 0.05) is 18.0 Å². The fourth-order valence-electron chi connectivity index (χ4n) is 1.47. The molecular weight excluding hydrogens is 245 g/mol. The zero-order valence-electron chi connectivity index (χ0n) is 8.52. The number of rotatable bonds is 2. The highest BCUT2D eigenvalue weighted by Crippen LogP contribution is 2.26. The van der Waals surface area contributed by atoms with E-state index < -0.39 is 11.8 Å². The lowest BCUT2D eigenvalue weighted by molar-refractivity contribution is 0.0697. The molecule has 17 heavy (non-hydrogen) atoms. The largest absolute Gasteiger partial charge is 0.478 e. The Kier molecular flexibility index (Phi) is 3.06. The summed E-state index contributed by atoms with van der Waals surface area (Å²) in [7, 11) is 0. The van der Waals surface area contributed by atoms with E-state index in [0.717, 1.165) is 0 Å². The average molecular weight is 252 g/mol. The number of carbonyl (C=O) groups is 1. The topological polar surface area (TPSA) is 50.2 Å². The molecule has 2 aromatic rings. The van der Waals surface area contributed by atoms with E-state index in [2.05, 4.69) is 4.98 Å². The van der Waals surface area contributed by atoms with E-state index in [0.29, 0.717) is 11.1 Å². The van der Waals surface area contributed by atoms with Gasteiger partial charge in [0.15, 0.2) is 0 Å². The van der Waals surface area contributed by atoms with Gasteiger partial charge in [-0.15, -0.1) is 0 Å². The Morgan fingerprint density at radius 3 is 2.76 bits per heavy atom. The molecule has 0 atom stereocenters. The molecule has 0 saturated carbocycles. The summed E-state index contributed by atoms with van der Waals surface area (Å²) >= 11 is 5.56. The maximum absolute atomic E-state index is 13.3. The molecule has 0 aliphatic heterocycles. The number of hydrogen-bond donors (Lipinski definition) is 1. The minimum absolute atomic E-state index is 0.00508. The molecule has 1 N–H and O–H groups in total. The van der Waals surface area contributed by atoms with Crippen LogP contribution in [0.1, 0.15) is 10.4 Å². The van der Waals surface area contributed by atoms with Gasteiger partial charge < -0.3 is 5.11 Å². The third-order valence-electron chi connectivity index (χ3n) is 2.28. The van der Waals surface area contributed by atoms with Crippen molar-refractivity contribution in [3.8, 4) is 11.1 Å². The van der Waals surface area contributed by atoms with Crippen LogP contribution >= 0.6 is 11.6 Å². The number of halogens is 2. The number of nitrogens with zero attached hydrogens (tertiary/aromatic N) is 1. The van der Waals surface area contributed by atoms with E-state index in [4.69, 9.17) is 16.7 Å². The summed E-state index contributed by atoms with van der Waals surface area (Å²) in [5, 5.41) is 9.00. The molecule has 1 aromatic carbocycles. The lowest BCUT2D eigenvalue weighted by atomic mass is 10.0. The van der Waals surface area contributed by atoms with E-state index in [1.165, 1.54) is 30.6 Å². The minimum Gasteiger partial charge on any atom is -0.478 e. The minimum atomic E-state index is -1.09. The maximum atomic E-state index is 13.3. The molecule has 0 spiro atoms. The first-order valence-corrected chi connectivity index (χ1v) is 5.10. The molecule has 0 radical (unpaired) electrons. The highest BCUT2D eigenvalue weighted by atomic mass is 35.5. The van der Waals surface area contributed by atoms with Gasteiger partial charge in [-0.1, -0.05) is 17.7 Å². The number of aromatic nitrogens is 1. The van der Waals surface area contributed by atoms with Crippen LogP contribution in [0.15, 0.2) is 36.7 Å². The molecule has 1 heterocycles. The van der Waals surface area contributed by atoms with Crippen LogP contribution < -0.4 is 0 Å². The van der Waals surface area contributed by atoms with Crippen molar-refractivity contribution in [2.75, 3.05) is 0 Å². The molecule has 0 fully saturated rings. The molecule has 86 valence electrons. The van der Waals surface area contributed by atoms with Crippen LogP contribution in [0.3, 0.4) is 0 Å². The van der Waals surface area contributed by atoms with Gasteiger partial charge in [0.05, 0.1) is 10.6 Å². The van der Waals surface area contributed by atoms with Gasteiger partial charge in [-0.3, -0.25) is 4.98 Å². The Labute approximate surface area is 101 Å². The number of benzene rings is 1. The standard InChI is InChI=1S/C12H7ClFNO2/c13-10-2-1-7(5-11(10)14)9-6-15-4-3-8(9)12(16)17/h1-6H,(H,16,17). The zero-order chi connectivity index (χ0) is 12.4. The van der Waals surface area contributed by atoms with E-state index in [-0.39, 0.29) is 10.6 Å². The van der Waals surface area contributed by atoms with Gasteiger partial charge >= 0.3 is 5.97 Å². The van der Waals surface area contributed by atoms with Gasteiger partial charge in [0.2, 0.25) is 0 Å². The van der Waals surface area contributed by atoms with Crippen molar-refractivity contribution < 1.29 is 14.3 Å². The van der Waals surface area contributed by atoms with E-state index in [1.807, 2.05) is 0 Å². The third-order valence-corrected chi connectivity index (χ3v) is 2.59. The van der Waals surface area contributed by atoms with Crippen LogP contribution in [0.5, 0.6) is 0 Å². The Balaban J connectivity index is 2.60. The Morgan fingerprint density at radius 2 is 2.12 bits per heavy atom. The van der Waals surface area contributed by atoms with Crippen molar-refractivity contribution in [2.24, 2.45) is 0 Å². The van der Waals surface area contributed by atoms with Crippen molar-refractivity contribution in [3.63, 3.8) is 0 Å². The second-order valence-corrected chi connectivity index (χ2v) is 3.76. The van der Waals surface area contributed by atoms with Crippen LogP contribution in [-0.2, 0) is 0 Å². The van der Waals surface area contributed by atoms with E-state index in [1.54, 1.807) is 6.07 Å². The van der Waals surface area contributed by atoms with Crippen LogP contribution in [0.4, 0.5) is 4.39 Å². The number of hydrogen-bond acceptors (Lipinski definition) is 2. The Hall–Kier alpha value is -1.94. The summed E-state index contributed by atoms with van der Waals surface area (Å²) in [4.78, 5) is 14.8.